The SMILES string of the molecule is O=C(O)c1ccccc1C(O)C1CCOC1. The summed E-state index contributed by atoms with van der Waals surface area (Å²) in [6.45, 7) is 1.13. The van der Waals surface area contributed by atoms with Crippen molar-refractivity contribution in [1.82, 2.24) is 0 Å². The molecule has 4 heteroatoms. The monoisotopic (exact) mass is 222 g/mol. The van der Waals surface area contributed by atoms with Crippen LogP contribution in [0.2, 0.25) is 0 Å². The van der Waals surface area contributed by atoms with Crippen LogP contribution in [0.1, 0.15) is 28.4 Å². The van der Waals surface area contributed by atoms with Crippen LogP contribution < -0.4 is 0 Å². The lowest BCUT2D eigenvalue weighted by atomic mass is 9.92. The number of ether oxygens (including phenoxy) is 1. The van der Waals surface area contributed by atoms with Crippen molar-refractivity contribution in [3.8, 4) is 0 Å². The second-order valence-corrected chi connectivity index (χ2v) is 3.96. The maximum absolute atomic E-state index is 11.0. The number of aromatic carboxylic acids is 1. The van der Waals surface area contributed by atoms with E-state index in [2.05, 4.69) is 0 Å². The van der Waals surface area contributed by atoms with Crippen molar-refractivity contribution in [1.29, 1.82) is 0 Å². The summed E-state index contributed by atoms with van der Waals surface area (Å²) < 4.78 is 5.19. The smallest absolute Gasteiger partial charge is 0.336 e. The first-order chi connectivity index (χ1) is 7.70. The minimum Gasteiger partial charge on any atom is -0.478 e. The van der Waals surface area contributed by atoms with Crippen LogP contribution in [0.5, 0.6) is 0 Å². The summed E-state index contributed by atoms with van der Waals surface area (Å²) in [6, 6.07) is 6.56. The number of aliphatic hydroxyl groups is 1. The summed E-state index contributed by atoms with van der Waals surface area (Å²) in [7, 11) is 0. The highest BCUT2D eigenvalue weighted by atomic mass is 16.5. The van der Waals surface area contributed by atoms with Gasteiger partial charge < -0.3 is 14.9 Å². The fraction of sp³-hybridized carbons (Fsp3) is 0.417. The zero-order valence-electron chi connectivity index (χ0n) is 8.80. The number of rotatable bonds is 3. The number of carbonyl (C=O) groups is 1. The van der Waals surface area contributed by atoms with Gasteiger partial charge in [0, 0.05) is 12.5 Å². The summed E-state index contributed by atoms with van der Waals surface area (Å²) in [5, 5.41) is 19.1. The molecule has 1 fully saturated rings. The maximum atomic E-state index is 11.0. The van der Waals surface area contributed by atoms with Gasteiger partial charge in [0.25, 0.3) is 0 Å². The standard InChI is InChI=1S/C12H14O4/c13-11(8-5-6-16-7-8)9-3-1-2-4-10(9)12(14)15/h1-4,8,11,13H,5-7H2,(H,14,15). The van der Waals surface area contributed by atoms with Crippen LogP contribution >= 0.6 is 0 Å². The van der Waals surface area contributed by atoms with Crippen LogP contribution in [0.25, 0.3) is 0 Å². The van der Waals surface area contributed by atoms with Crippen molar-refractivity contribution in [2.24, 2.45) is 5.92 Å². The summed E-state index contributed by atoms with van der Waals surface area (Å²) >= 11 is 0. The van der Waals surface area contributed by atoms with E-state index in [9.17, 15) is 9.90 Å². The Bertz CT molecular complexity index is 382. The molecular weight excluding hydrogens is 208 g/mol. The van der Waals surface area contributed by atoms with Crippen molar-refractivity contribution in [2.75, 3.05) is 13.2 Å². The average molecular weight is 222 g/mol. The van der Waals surface area contributed by atoms with Crippen LogP contribution in [0.4, 0.5) is 0 Å². The molecule has 1 heterocycles. The number of aliphatic hydroxyl groups excluding tert-OH is 1. The molecule has 2 rings (SSSR count). The number of carboxylic acids is 1. The summed E-state index contributed by atoms with van der Waals surface area (Å²) in [5.41, 5.74) is 0.646. The van der Waals surface area contributed by atoms with Gasteiger partial charge in [-0.25, -0.2) is 4.79 Å². The van der Waals surface area contributed by atoms with Crippen molar-refractivity contribution >= 4 is 5.97 Å². The Morgan fingerprint density at radius 2 is 2.19 bits per heavy atom. The van der Waals surface area contributed by atoms with Gasteiger partial charge in [0.1, 0.15) is 0 Å². The molecule has 0 aliphatic carbocycles. The fourth-order valence-corrected chi connectivity index (χ4v) is 2.01. The van der Waals surface area contributed by atoms with Crippen LogP contribution in [0, 0.1) is 5.92 Å². The van der Waals surface area contributed by atoms with Gasteiger partial charge in [-0.3, -0.25) is 0 Å². The molecule has 1 aromatic carbocycles. The van der Waals surface area contributed by atoms with E-state index < -0.39 is 12.1 Å². The number of benzene rings is 1. The van der Waals surface area contributed by atoms with E-state index in [1.807, 2.05) is 0 Å². The Hall–Kier alpha value is -1.39. The molecule has 2 N–H and O–H groups in total. The van der Waals surface area contributed by atoms with Crippen molar-refractivity contribution in [3.63, 3.8) is 0 Å². The first-order valence-corrected chi connectivity index (χ1v) is 5.28. The quantitative estimate of drug-likeness (QED) is 0.812. The van der Waals surface area contributed by atoms with Crippen LogP contribution in [-0.4, -0.2) is 29.4 Å². The normalized spacial score (nSPS) is 21.9. The molecule has 4 nitrogen and oxygen atoms in total. The molecule has 16 heavy (non-hydrogen) atoms. The molecule has 86 valence electrons. The molecule has 0 saturated carbocycles. The van der Waals surface area contributed by atoms with Gasteiger partial charge in [-0.05, 0) is 18.1 Å². The summed E-state index contributed by atoms with van der Waals surface area (Å²) in [6.07, 6.45) is 0.0181. The predicted octanol–water partition coefficient (Wildman–Crippen LogP) is 1.45. The van der Waals surface area contributed by atoms with E-state index >= 15 is 0 Å². The van der Waals surface area contributed by atoms with Gasteiger partial charge in [0.15, 0.2) is 0 Å². The fourth-order valence-electron chi connectivity index (χ4n) is 2.01. The molecule has 0 radical (unpaired) electrons. The van der Waals surface area contributed by atoms with E-state index in [1.54, 1.807) is 18.2 Å². The van der Waals surface area contributed by atoms with E-state index in [0.29, 0.717) is 18.8 Å². The molecule has 1 aliphatic heterocycles. The van der Waals surface area contributed by atoms with Crippen LogP contribution in [0.3, 0.4) is 0 Å². The van der Waals surface area contributed by atoms with Gasteiger partial charge in [0.05, 0.1) is 18.3 Å². The second kappa shape index (κ2) is 4.63. The van der Waals surface area contributed by atoms with Gasteiger partial charge in [-0.2, -0.15) is 0 Å². The van der Waals surface area contributed by atoms with E-state index in [1.165, 1.54) is 6.07 Å². The van der Waals surface area contributed by atoms with Gasteiger partial charge in [0.2, 0.25) is 0 Å². The Labute approximate surface area is 93.5 Å². The third kappa shape index (κ3) is 2.08. The van der Waals surface area contributed by atoms with Crippen molar-refractivity contribution in [3.05, 3.63) is 35.4 Å². The molecule has 0 amide bonds. The topological polar surface area (TPSA) is 66.8 Å². The zero-order chi connectivity index (χ0) is 11.5. The molecule has 0 spiro atoms. The minimum atomic E-state index is -1.01. The van der Waals surface area contributed by atoms with Crippen LogP contribution in [0.15, 0.2) is 24.3 Å². The molecular formula is C12H14O4. The Morgan fingerprint density at radius 3 is 2.81 bits per heavy atom. The third-order valence-corrected chi connectivity index (χ3v) is 2.92. The highest BCUT2D eigenvalue weighted by molar-refractivity contribution is 5.89. The Kier molecular flexibility index (Phi) is 3.22. The molecule has 1 aliphatic rings. The third-order valence-electron chi connectivity index (χ3n) is 2.92. The molecule has 2 unspecified atom stereocenters. The van der Waals surface area contributed by atoms with E-state index in [4.69, 9.17) is 9.84 Å². The van der Waals surface area contributed by atoms with Crippen molar-refractivity contribution < 1.29 is 19.7 Å². The highest BCUT2D eigenvalue weighted by Gasteiger charge is 2.27. The number of hydrogen-bond acceptors (Lipinski definition) is 3. The largest absolute Gasteiger partial charge is 0.478 e. The first-order valence-electron chi connectivity index (χ1n) is 5.28. The van der Waals surface area contributed by atoms with Gasteiger partial charge >= 0.3 is 5.97 Å². The highest BCUT2D eigenvalue weighted by Crippen LogP contribution is 2.30. The Balaban J connectivity index is 2.27. The van der Waals surface area contributed by atoms with Gasteiger partial charge in [-0.1, -0.05) is 18.2 Å². The molecule has 2 atom stereocenters. The molecule has 0 bridgehead atoms. The number of hydrogen-bond donors (Lipinski definition) is 2. The van der Waals surface area contributed by atoms with E-state index in [0.717, 1.165) is 6.42 Å². The lowest BCUT2D eigenvalue weighted by Gasteiger charge is -2.18. The Morgan fingerprint density at radius 1 is 1.44 bits per heavy atom. The second-order valence-electron chi connectivity index (χ2n) is 3.96. The molecule has 1 aromatic rings. The summed E-state index contributed by atoms with van der Waals surface area (Å²) in [4.78, 5) is 11.0. The number of carboxylic acid groups (broad SMARTS) is 1. The molecule has 1 saturated heterocycles. The minimum absolute atomic E-state index is 0.000463. The maximum Gasteiger partial charge on any atom is 0.336 e. The average Bonchev–Trinajstić information content (AvgIpc) is 2.81. The van der Waals surface area contributed by atoms with Gasteiger partial charge in [-0.15, -0.1) is 0 Å². The van der Waals surface area contributed by atoms with Crippen LogP contribution in [-0.2, 0) is 4.74 Å². The van der Waals surface area contributed by atoms with E-state index in [-0.39, 0.29) is 11.5 Å². The first kappa shape index (κ1) is 11.1. The lowest BCUT2D eigenvalue weighted by molar-refractivity contribution is 0.0668. The lowest BCUT2D eigenvalue weighted by Crippen LogP contribution is -2.16. The van der Waals surface area contributed by atoms with Crippen molar-refractivity contribution in [2.45, 2.75) is 12.5 Å². The zero-order valence-corrected chi connectivity index (χ0v) is 8.80. The summed E-state index contributed by atoms with van der Waals surface area (Å²) in [5.74, 6) is -1.01. The predicted molar refractivity (Wildman–Crippen MR) is 57.3 cm³/mol. The molecule has 0 aromatic heterocycles.